The summed E-state index contributed by atoms with van der Waals surface area (Å²) in [7, 11) is 0. The molecule has 0 spiro atoms. The fourth-order valence-electron chi connectivity index (χ4n) is 4.04. The van der Waals surface area contributed by atoms with Crippen molar-refractivity contribution < 1.29 is 14.0 Å². The first-order chi connectivity index (χ1) is 13.5. The van der Waals surface area contributed by atoms with Crippen LogP contribution in [0.15, 0.2) is 41.0 Å². The third kappa shape index (κ3) is 2.99. The number of piperazine rings is 1. The average molecular weight is 379 g/mol. The molecule has 6 nitrogen and oxygen atoms in total. The molecule has 1 aliphatic rings. The van der Waals surface area contributed by atoms with Crippen LogP contribution >= 0.6 is 0 Å². The van der Waals surface area contributed by atoms with Crippen molar-refractivity contribution in [3.63, 3.8) is 0 Å². The van der Waals surface area contributed by atoms with Gasteiger partial charge in [0.05, 0.1) is 6.26 Å². The van der Waals surface area contributed by atoms with Gasteiger partial charge in [0.2, 0.25) is 0 Å². The zero-order valence-corrected chi connectivity index (χ0v) is 16.6. The van der Waals surface area contributed by atoms with Crippen molar-refractivity contribution in [2.24, 2.45) is 0 Å². The fraction of sp³-hybridized carbons (Fsp3) is 0.364. The molecule has 3 heterocycles. The van der Waals surface area contributed by atoms with E-state index in [0.29, 0.717) is 37.5 Å². The second-order valence-corrected chi connectivity index (χ2v) is 7.25. The predicted molar refractivity (Wildman–Crippen MR) is 108 cm³/mol. The monoisotopic (exact) mass is 379 g/mol. The van der Waals surface area contributed by atoms with Gasteiger partial charge in [-0.25, -0.2) is 0 Å². The molecule has 1 fully saturated rings. The van der Waals surface area contributed by atoms with Crippen LogP contribution in [0.4, 0.5) is 0 Å². The summed E-state index contributed by atoms with van der Waals surface area (Å²) in [6.07, 6.45) is 1.50. The summed E-state index contributed by atoms with van der Waals surface area (Å²) in [5.41, 5.74) is 4.34. The van der Waals surface area contributed by atoms with Gasteiger partial charge in [0.25, 0.3) is 11.8 Å². The summed E-state index contributed by atoms with van der Waals surface area (Å²) in [5, 5.41) is 1.14. The molecule has 1 aliphatic heterocycles. The van der Waals surface area contributed by atoms with Crippen LogP contribution < -0.4 is 0 Å². The number of aromatic nitrogens is 1. The second-order valence-electron chi connectivity index (χ2n) is 7.25. The van der Waals surface area contributed by atoms with E-state index in [0.717, 1.165) is 11.9 Å². The van der Waals surface area contributed by atoms with Crippen LogP contribution in [-0.4, -0.2) is 52.4 Å². The van der Waals surface area contributed by atoms with Gasteiger partial charge in [-0.2, -0.15) is 0 Å². The number of aryl methyl sites for hydroxylation is 2. The lowest BCUT2D eigenvalue weighted by Crippen LogP contribution is -2.50. The molecule has 1 aromatic carbocycles. The third-order valence-electron chi connectivity index (χ3n) is 5.79. The molecule has 3 aromatic rings. The number of carbonyl (C=O) groups excluding carboxylic acids is 2. The Morgan fingerprint density at radius 2 is 1.68 bits per heavy atom. The SMILES string of the molecule is CCn1c(C)c(C)c2cc(C(=O)N3CCN(C(=O)c4ccco4)CC3)ccc21. The maximum absolute atomic E-state index is 13.0. The first-order valence-electron chi connectivity index (χ1n) is 9.72. The maximum Gasteiger partial charge on any atom is 0.289 e. The first kappa shape index (κ1) is 18.3. The largest absolute Gasteiger partial charge is 0.459 e. The van der Waals surface area contributed by atoms with E-state index in [1.807, 2.05) is 23.1 Å². The van der Waals surface area contributed by atoms with Crippen LogP contribution in [0.3, 0.4) is 0 Å². The molecule has 28 heavy (non-hydrogen) atoms. The Morgan fingerprint density at radius 3 is 2.29 bits per heavy atom. The molecular weight excluding hydrogens is 354 g/mol. The summed E-state index contributed by atoms with van der Waals surface area (Å²) in [5.74, 6) is 0.246. The van der Waals surface area contributed by atoms with Gasteiger partial charge in [-0.05, 0) is 56.7 Å². The molecule has 1 saturated heterocycles. The van der Waals surface area contributed by atoms with E-state index in [-0.39, 0.29) is 11.8 Å². The molecule has 0 aliphatic carbocycles. The van der Waals surface area contributed by atoms with Gasteiger partial charge >= 0.3 is 0 Å². The van der Waals surface area contributed by atoms with Crippen LogP contribution in [0.1, 0.15) is 39.1 Å². The average Bonchev–Trinajstić information content (AvgIpc) is 3.34. The van der Waals surface area contributed by atoms with Gasteiger partial charge in [-0.15, -0.1) is 0 Å². The summed E-state index contributed by atoms with van der Waals surface area (Å²) in [6, 6.07) is 9.34. The minimum Gasteiger partial charge on any atom is -0.459 e. The van der Waals surface area contributed by atoms with Crippen molar-refractivity contribution in [2.75, 3.05) is 26.2 Å². The highest BCUT2D eigenvalue weighted by Crippen LogP contribution is 2.27. The second kappa shape index (κ2) is 7.19. The van der Waals surface area contributed by atoms with Gasteiger partial charge in [0, 0.05) is 54.9 Å². The van der Waals surface area contributed by atoms with E-state index < -0.39 is 0 Å². The smallest absolute Gasteiger partial charge is 0.289 e. The lowest BCUT2D eigenvalue weighted by molar-refractivity contribution is 0.0518. The normalized spacial score (nSPS) is 14.7. The summed E-state index contributed by atoms with van der Waals surface area (Å²) in [6.45, 7) is 9.35. The van der Waals surface area contributed by atoms with E-state index in [1.165, 1.54) is 23.0 Å². The predicted octanol–water partition coefficient (Wildman–Crippen LogP) is 3.47. The molecule has 0 radical (unpaired) electrons. The highest BCUT2D eigenvalue weighted by Gasteiger charge is 2.27. The molecule has 0 N–H and O–H groups in total. The minimum atomic E-state index is -0.120. The maximum atomic E-state index is 13.0. The van der Waals surface area contributed by atoms with Crippen molar-refractivity contribution in [3.05, 3.63) is 59.2 Å². The molecule has 0 atom stereocenters. The summed E-state index contributed by atoms with van der Waals surface area (Å²) >= 11 is 0. The number of furan rings is 1. The lowest BCUT2D eigenvalue weighted by atomic mass is 10.1. The molecule has 146 valence electrons. The van der Waals surface area contributed by atoms with Crippen LogP contribution in [-0.2, 0) is 6.54 Å². The molecule has 6 heteroatoms. The van der Waals surface area contributed by atoms with Gasteiger partial charge in [-0.1, -0.05) is 0 Å². The number of fused-ring (bicyclic) bond motifs is 1. The van der Waals surface area contributed by atoms with Crippen molar-refractivity contribution in [1.82, 2.24) is 14.4 Å². The quantitative estimate of drug-likeness (QED) is 0.700. The Bertz CT molecular complexity index is 1030. The van der Waals surface area contributed by atoms with E-state index >= 15 is 0 Å². The lowest BCUT2D eigenvalue weighted by Gasteiger charge is -2.34. The van der Waals surface area contributed by atoms with Gasteiger partial charge < -0.3 is 18.8 Å². The molecule has 2 amide bonds. The highest BCUT2D eigenvalue weighted by molar-refractivity contribution is 5.99. The Hall–Kier alpha value is -3.02. The van der Waals surface area contributed by atoms with E-state index in [4.69, 9.17) is 4.42 Å². The standard InChI is InChI=1S/C22H25N3O3/c1-4-25-16(3)15(2)18-14-17(7-8-19(18)25)21(26)23-9-11-24(12-10-23)22(27)20-6-5-13-28-20/h5-8,13-14H,4,9-12H2,1-3H3. The molecule has 0 bridgehead atoms. The molecule has 2 aromatic heterocycles. The topological polar surface area (TPSA) is 58.7 Å². The number of amides is 2. The highest BCUT2D eigenvalue weighted by atomic mass is 16.3. The van der Waals surface area contributed by atoms with Crippen molar-refractivity contribution in [2.45, 2.75) is 27.3 Å². The van der Waals surface area contributed by atoms with Crippen molar-refractivity contribution in [3.8, 4) is 0 Å². The van der Waals surface area contributed by atoms with Crippen LogP contribution in [0, 0.1) is 13.8 Å². The Kier molecular flexibility index (Phi) is 4.71. The molecular formula is C22H25N3O3. The van der Waals surface area contributed by atoms with Gasteiger partial charge in [-0.3, -0.25) is 9.59 Å². The number of benzene rings is 1. The number of nitrogens with zero attached hydrogens (tertiary/aromatic N) is 3. The van der Waals surface area contributed by atoms with Gasteiger partial charge in [0.1, 0.15) is 0 Å². The van der Waals surface area contributed by atoms with Gasteiger partial charge in [0.15, 0.2) is 5.76 Å². The van der Waals surface area contributed by atoms with E-state index in [2.05, 4.69) is 25.3 Å². The van der Waals surface area contributed by atoms with Crippen molar-refractivity contribution in [1.29, 1.82) is 0 Å². The van der Waals surface area contributed by atoms with Crippen LogP contribution in [0.5, 0.6) is 0 Å². The van der Waals surface area contributed by atoms with Crippen LogP contribution in [0.25, 0.3) is 10.9 Å². The number of hydrogen-bond donors (Lipinski definition) is 0. The Balaban J connectivity index is 1.50. The zero-order valence-electron chi connectivity index (χ0n) is 16.6. The third-order valence-corrected chi connectivity index (χ3v) is 5.79. The summed E-state index contributed by atoms with van der Waals surface area (Å²) in [4.78, 5) is 29.0. The number of rotatable bonds is 3. The molecule has 0 saturated carbocycles. The Morgan fingerprint density at radius 1 is 1.00 bits per heavy atom. The minimum absolute atomic E-state index is 0.0216. The molecule has 0 unspecified atom stereocenters. The zero-order chi connectivity index (χ0) is 19.8. The number of carbonyl (C=O) groups is 2. The van der Waals surface area contributed by atoms with E-state index in [1.54, 1.807) is 17.0 Å². The number of hydrogen-bond acceptors (Lipinski definition) is 3. The van der Waals surface area contributed by atoms with Crippen LogP contribution in [0.2, 0.25) is 0 Å². The first-order valence-corrected chi connectivity index (χ1v) is 9.72. The van der Waals surface area contributed by atoms with Crippen molar-refractivity contribution >= 4 is 22.7 Å². The fourth-order valence-corrected chi connectivity index (χ4v) is 4.04. The Labute approximate surface area is 164 Å². The summed E-state index contributed by atoms with van der Waals surface area (Å²) < 4.78 is 7.47. The molecule has 4 rings (SSSR count). The van der Waals surface area contributed by atoms with E-state index in [9.17, 15) is 9.59 Å².